The van der Waals surface area contributed by atoms with Gasteiger partial charge >= 0.3 is 0 Å². The average Bonchev–Trinajstić information content (AvgIpc) is 2.81. The molecule has 0 saturated heterocycles. The van der Waals surface area contributed by atoms with E-state index >= 15 is 0 Å². The molecule has 2 aromatic heterocycles. The molecule has 2 rings (SSSR count). The second kappa shape index (κ2) is 5.89. The Balaban J connectivity index is 2.16. The van der Waals surface area contributed by atoms with Crippen molar-refractivity contribution in [1.29, 1.82) is 0 Å². The molecule has 0 aliphatic rings. The number of rotatable bonds is 5. The summed E-state index contributed by atoms with van der Waals surface area (Å²) in [6.45, 7) is 5.09. The number of hydrogen-bond donors (Lipinski definition) is 1. The van der Waals surface area contributed by atoms with Gasteiger partial charge in [-0.05, 0) is 25.6 Å². The van der Waals surface area contributed by atoms with Gasteiger partial charge in [-0.2, -0.15) is 0 Å². The topological polar surface area (TPSA) is 37.8 Å². The van der Waals surface area contributed by atoms with E-state index in [1.807, 2.05) is 24.7 Å². The van der Waals surface area contributed by atoms with E-state index in [2.05, 4.69) is 34.3 Å². The number of aromatic nitrogens is 2. The number of thiazole rings is 1. The van der Waals surface area contributed by atoms with E-state index < -0.39 is 0 Å². The summed E-state index contributed by atoms with van der Waals surface area (Å²) in [5, 5.41) is 3.48. The molecule has 17 heavy (non-hydrogen) atoms. The molecule has 0 aliphatic carbocycles. The summed E-state index contributed by atoms with van der Waals surface area (Å²) in [5.74, 6) is 0. The van der Waals surface area contributed by atoms with Crippen LogP contribution < -0.4 is 5.32 Å². The van der Waals surface area contributed by atoms with Crippen LogP contribution in [0.4, 0.5) is 0 Å². The summed E-state index contributed by atoms with van der Waals surface area (Å²) in [6.07, 6.45) is 2.89. The van der Waals surface area contributed by atoms with Crippen molar-refractivity contribution < 1.29 is 0 Å². The van der Waals surface area contributed by atoms with Crippen LogP contribution in [0.3, 0.4) is 0 Å². The van der Waals surface area contributed by atoms with Crippen molar-refractivity contribution in [3.05, 3.63) is 46.2 Å². The summed E-state index contributed by atoms with van der Waals surface area (Å²) < 4.78 is 0. The lowest BCUT2D eigenvalue weighted by Crippen LogP contribution is -2.23. The molecule has 0 bridgehead atoms. The molecular weight excluding hydrogens is 230 g/mol. The molecule has 90 valence electrons. The molecule has 0 amide bonds. The summed E-state index contributed by atoms with van der Waals surface area (Å²) in [7, 11) is 0. The predicted octanol–water partition coefficient (Wildman–Crippen LogP) is 2.74. The number of aryl methyl sites for hydroxylation is 1. The normalized spacial score (nSPS) is 12.6. The van der Waals surface area contributed by atoms with Crippen molar-refractivity contribution in [2.45, 2.75) is 26.3 Å². The van der Waals surface area contributed by atoms with Gasteiger partial charge in [0.25, 0.3) is 0 Å². The number of likely N-dealkylation sites (N-methyl/N-ethyl adjacent to an activating group) is 1. The highest BCUT2D eigenvalue weighted by molar-refractivity contribution is 7.09. The lowest BCUT2D eigenvalue weighted by molar-refractivity contribution is 0.538. The molecular formula is C13H17N3S. The second-order valence-corrected chi connectivity index (χ2v) is 4.96. The van der Waals surface area contributed by atoms with Crippen LogP contribution in [0.15, 0.2) is 29.9 Å². The van der Waals surface area contributed by atoms with Crippen LogP contribution in [0, 0.1) is 6.92 Å². The third-order valence-electron chi connectivity index (χ3n) is 2.61. The molecule has 0 spiro atoms. The third kappa shape index (κ3) is 3.35. The van der Waals surface area contributed by atoms with Crippen molar-refractivity contribution in [3.8, 4) is 0 Å². The van der Waals surface area contributed by atoms with Gasteiger partial charge in [0.1, 0.15) is 0 Å². The van der Waals surface area contributed by atoms with E-state index in [0.717, 1.165) is 24.4 Å². The zero-order valence-electron chi connectivity index (χ0n) is 10.2. The molecule has 1 atom stereocenters. The van der Waals surface area contributed by atoms with Gasteiger partial charge in [0.15, 0.2) is 0 Å². The Morgan fingerprint density at radius 2 is 2.29 bits per heavy atom. The maximum absolute atomic E-state index is 4.59. The minimum Gasteiger partial charge on any atom is -0.309 e. The van der Waals surface area contributed by atoms with Crippen LogP contribution in [-0.4, -0.2) is 16.5 Å². The predicted molar refractivity (Wildman–Crippen MR) is 71.2 cm³/mol. The highest BCUT2D eigenvalue weighted by atomic mass is 32.1. The molecule has 0 aromatic carbocycles. The van der Waals surface area contributed by atoms with Crippen LogP contribution >= 0.6 is 11.3 Å². The molecule has 0 fully saturated rings. The van der Waals surface area contributed by atoms with E-state index in [4.69, 9.17) is 0 Å². The molecule has 1 N–H and O–H groups in total. The maximum atomic E-state index is 4.59. The Morgan fingerprint density at radius 3 is 2.94 bits per heavy atom. The fourth-order valence-corrected chi connectivity index (χ4v) is 2.47. The second-order valence-electron chi connectivity index (χ2n) is 3.99. The molecule has 4 heteroatoms. The first kappa shape index (κ1) is 12.2. The first-order chi connectivity index (χ1) is 8.29. The van der Waals surface area contributed by atoms with Gasteiger partial charge in [-0.1, -0.05) is 13.0 Å². The van der Waals surface area contributed by atoms with Crippen LogP contribution in [0.2, 0.25) is 0 Å². The quantitative estimate of drug-likeness (QED) is 0.883. The maximum Gasteiger partial charge on any atom is 0.0794 e. The van der Waals surface area contributed by atoms with E-state index in [1.165, 1.54) is 4.88 Å². The summed E-state index contributed by atoms with van der Waals surface area (Å²) in [6, 6.07) is 6.45. The van der Waals surface area contributed by atoms with E-state index in [0.29, 0.717) is 0 Å². The smallest absolute Gasteiger partial charge is 0.0794 e. The average molecular weight is 247 g/mol. The largest absolute Gasteiger partial charge is 0.309 e. The molecule has 0 radical (unpaired) electrons. The molecule has 0 saturated carbocycles. The minimum absolute atomic E-state index is 0.278. The van der Waals surface area contributed by atoms with Gasteiger partial charge in [0.05, 0.1) is 17.2 Å². The first-order valence-electron chi connectivity index (χ1n) is 5.84. The Bertz CT molecular complexity index is 453. The van der Waals surface area contributed by atoms with Gasteiger partial charge in [-0.15, -0.1) is 11.3 Å². The number of hydrogen-bond acceptors (Lipinski definition) is 4. The zero-order chi connectivity index (χ0) is 12.1. The first-order valence-corrected chi connectivity index (χ1v) is 6.72. The van der Waals surface area contributed by atoms with Crippen molar-refractivity contribution in [3.63, 3.8) is 0 Å². The van der Waals surface area contributed by atoms with Gasteiger partial charge in [0.2, 0.25) is 0 Å². The standard InChI is InChI=1S/C13H17N3S/c1-3-15-13(7-11-8-14-9-17-11)12-6-4-5-10(2)16-12/h4-6,8-9,13,15H,3,7H2,1-2H3. The van der Waals surface area contributed by atoms with Gasteiger partial charge in [0, 0.05) is 23.2 Å². The SMILES string of the molecule is CCNC(Cc1cncs1)c1cccc(C)n1. The lowest BCUT2D eigenvalue weighted by atomic mass is 10.1. The summed E-state index contributed by atoms with van der Waals surface area (Å²) in [4.78, 5) is 10.0. The highest BCUT2D eigenvalue weighted by Crippen LogP contribution is 2.19. The Hall–Kier alpha value is -1.26. The Labute approximate surface area is 106 Å². The molecule has 3 nitrogen and oxygen atoms in total. The fraction of sp³-hybridized carbons (Fsp3) is 0.385. The van der Waals surface area contributed by atoms with Crippen molar-refractivity contribution in [2.24, 2.45) is 0 Å². The van der Waals surface area contributed by atoms with Crippen LogP contribution in [-0.2, 0) is 6.42 Å². The van der Waals surface area contributed by atoms with Gasteiger partial charge in [-0.25, -0.2) is 0 Å². The fourth-order valence-electron chi connectivity index (χ4n) is 1.83. The highest BCUT2D eigenvalue weighted by Gasteiger charge is 2.13. The van der Waals surface area contributed by atoms with Crippen LogP contribution in [0.5, 0.6) is 0 Å². The Kier molecular flexibility index (Phi) is 4.23. The summed E-state index contributed by atoms with van der Waals surface area (Å²) >= 11 is 1.70. The molecule has 2 heterocycles. The van der Waals surface area contributed by atoms with Gasteiger partial charge < -0.3 is 5.32 Å². The van der Waals surface area contributed by atoms with Crippen LogP contribution in [0.25, 0.3) is 0 Å². The van der Waals surface area contributed by atoms with Crippen molar-refractivity contribution in [1.82, 2.24) is 15.3 Å². The van der Waals surface area contributed by atoms with E-state index in [-0.39, 0.29) is 6.04 Å². The number of pyridine rings is 1. The summed E-state index contributed by atoms with van der Waals surface area (Å²) in [5.41, 5.74) is 4.05. The van der Waals surface area contributed by atoms with Crippen molar-refractivity contribution >= 4 is 11.3 Å². The number of nitrogens with one attached hydrogen (secondary N) is 1. The monoisotopic (exact) mass is 247 g/mol. The van der Waals surface area contributed by atoms with Crippen molar-refractivity contribution in [2.75, 3.05) is 6.54 Å². The molecule has 1 unspecified atom stereocenters. The van der Waals surface area contributed by atoms with E-state index in [9.17, 15) is 0 Å². The third-order valence-corrected chi connectivity index (χ3v) is 3.41. The Morgan fingerprint density at radius 1 is 1.41 bits per heavy atom. The molecule has 0 aliphatic heterocycles. The van der Waals surface area contributed by atoms with Crippen LogP contribution in [0.1, 0.15) is 29.2 Å². The minimum atomic E-state index is 0.278. The molecule has 2 aromatic rings. The lowest BCUT2D eigenvalue weighted by Gasteiger charge is -2.16. The van der Waals surface area contributed by atoms with Gasteiger partial charge in [-0.3, -0.25) is 9.97 Å². The zero-order valence-corrected chi connectivity index (χ0v) is 11.0. The van der Waals surface area contributed by atoms with E-state index in [1.54, 1.807) is 11.3 Å². The number of nitrogens with zero attached hydrogens (tertiary/aromatic N) is 2.